The summed E-state index contributed by atoms with van der Waals surface area (Å²) in [5, 5.41) is 2.44. The highest BCUT2D eigenvalue weighted by Crippen LogP contribution is 2.51. The molecule has 0 aliphatic heterocycles. The van der Waals surface area contributed by atoms with E-state index in [0.29, 0.717) is 0 Å². The van der Waals surface area contributed by atoms with Crippen molar-refractivity contribution in [2.75, 3.05) is 13.6 Å². The zero-order chi connectivity index (χ0) is 23.0. The van der Waals surface area contributed by atoms with Gasteiger partial charge in [0.15, 0.2) is 0 Å². The number of alkyl halides is 3. The molecular weight excluding hydrogens is 426 g/mol. The lowest BCUT2D eigenvalue weighted by molar-refractivity contribution is -0.137. The Kier molecular flexibility index (Phi) is 8.90. The average Bonchev–Trinajstić information content (AvgIpc) is 2.81. The van der Waals surface area contributed by atoms with Crippen molar-refractivity contribution < 1.29 is 13.2 Å². The van der Waals surface area contributed by atoms with Crippen molar-refractivity contribution in [3.63, 3.8) is 0 Å². The highest BCUT2D eigenvalue weighted by Gasteiger charge is 2.33. The summed E-state index contributed by atoms with van der Waals surface area (Å²) in [4.78, 5) is 2.34. The van der Waals surface area contributed by atoms with Gasteiger partial charge in [-0.3, -0.25) is 4.90 Å². The summed E-state index contributed by atoms with van der Waals surface area (Å²) in [7, 11) is 1.26. The molecule has 0 N–H and O–H groups in total. The Morgan fingerprint density at radius 3 is 1.75 bits per heavy atom. The van der Waals surface area contributed by atoms with E-state index in [1.54, 1.807) is 12.1 Å². The average molecular weight is 458 g/mol. The number of hydrogen-bond acceptors (Lipinski definition) is 1. The molecule has 0 spiro atoms. The SMILES string of the molecule is CCCCCCN(C)C(c1ccc(C(F)(F)F)cc1)P(c1ccccc1)c1ccccc1. The van der Waals surface area contributed by atoms with E-state index in [0.717, 1.165) is 24.9 Å². The van der Waals surface area contributed by atoms with Crippen LogP contribution in [-0.2, 0) is 6.18 Å². The number of hydrogen-bond donors (Lipinski definition) is 0. The van der Waals surface area contributed by atoms with Crippen LogP contribution in [0.2, 0.25) is 0 Å². The van der Waals surface area contributed by atoms with Crippen LogP contribution in [0, 0.1) is 0 Å². The quantitative estimate of drug-likeness (QED) is 0.227. The Balaban J connectivity index is 2.04. The van der Waals surface area contributed by atoms with Gasteiger partial charge in [0.25, 0.3) is 0 Å². The first kappa shape index (κ1) is 24.5. The monoisotopic (exact) mass is 457 g/mol. The van der Waals surface area contributed by atoms with Gasteiger partial charge >= 0.3 is 6.18 Å². The van der Waals surface area contributed by atoms with Gasteiger partial charge in [0.05, 0.1) is 11.3 Å². The van der Waals surface area contributed by atoms with Crippen LogP contribution in [-0.4, -0.2) is 18.5 Å². The van der Waals surface area contributed by atoms with Crippen molar-refractivity contribution in [1.82, 2.24) is 4.90 Å². The van der Waals surface area contributed by atoms with Crippen LogP contribution in [0.3, 0.4) is 0 Å². The second-order valence-electron chi connectivity index (χ2n) is 8.08. The molecule has 170 valence electrons. The molecule has 1 atom stereocenters. The van der Waals surface area contributed by atoms with E-state index in [-0.39, 0.29) is 5.78 Å². The minimum atomic E-state index is -4.33. The fraction of sp³-hybridized carbons (Fsp3) is 0.333. The van der Waals surface area contributed by atoms with Gasteiger partial charge in [-0.05, 0) is 56.2 Å². The van der Waals surface area contributed by atoms with Gasteiger partial charge in [-0.1, -0.05) is 99.0 Å². The minimum absolute atomic E-state index is 0.0151. The second-order valence-corrected chi connectivity index (χ2v) is 10.3. The number of benzene rings is 3. The van der Waals surface area contributed by atoms with E-state index in [2.05, 4.69) is 43.1 Å². The predicted octanol–water partition coefficient (Wildman–Crippen LogP) is 7.35. The molecule has 0 aliphatic rings. The van der Waals surface area contributed by atoms with Crippen molar-refractivity contribution >= 4 is 18.5 Å². The lowest BCUT2D eigenvalue weighted by Gasteiger charge is -2.36. The van der Waals surface area contributed by atoms with Crippen molar-refractivity contribution in [2.24, 2.45) is 0 Å². The normalized spacial score (nSPS) is 13.0. The maximum Gasteiger partial charge on any atom is 0.416 e. The summed E-state index contributed by atoms with van der Waals surface area (Å²) in [5.74, 6) is -0.0151. The second kappa shape index (κ2) is 11.6. The summed E-state index contributed by atoms with van der Waals surface area (Å²) < 4.78 is 39.6. The molecule has 0 aliphatic carbocycles. The fourth-order valence-electron chi connectivity index (χ4n) is 3.96. The van der Waals surface area contributed by atoms with Gasteiger partial charge < -0.3 is 0 Å². The Bertz CT molecular complexity index is 887. The number of unbranched alkanes of at least 4 members (excludes halogenated alkanes) is 3. The minimum Gasteiger partial charge on any atom is -0.295 e. The van der Waals surface area contributed by atoms with E-state index >= 15 is 0 Å². The molecule has 5 heteroatoms. The van der Waals surface area contributed by atoms with E-state index in [1.165, 1.54) is 35.6 Å². The molecule has 0 saturated carbocycles. The third-order valence-corrected chi connectivity index (χ3v) is 8.52. The van der Waals surface area contributed by atoms with Gasteiger partial charge in [0, 0.05) is 0 Å². The largest absolute Gasteiger partial charge is 0.416 e. The molecule has 1 nitrogen and oxygen atoms in total. The highest BCUT2D eigenvalue weighted by molar-refractivity contribution is 7.73. The first-order valence-electron chi connectivity index (χ1n) is 11.2. The van der Waals surface area contributed by atoms with E-state index in [1.807, 2.05) is 36.4 Å². The molecule has 3 aromatic carbocycles. The third-order valence-electron chi connectivity index (χ3n) is 5.63. The van der Waals surface area contributed by atoms with Crippen LogP contribution in [0.25, 0.3) is 0 Å². The van der Waals surface area contributed by atoms with Crippen LogP contribution in [0.1, 0.15) is 49.5 Å². The first-order chi connectivity index (χ1) is 15.4. The Morgan fingerprint density at radius 2 is 1.28 bits per heavy atom. The summed E-state index contributed by atoms with van der Waals surface area (Å²) in [5.41, 5.74) is 0.323. The zero-order valence-electron chi connectivity index (χ0n) is 18.7. The molecule has 0 aromatic heterocycles. The molecular formula is C27H31F3NP. The standard InChI is InChI=1S/C27H31F3NP/c1-3-4-5-12-21-31(2)26(22-17-19-23(20-18-22)27(28,29)30)32(24-13-8-6-9-14-24)25-15-10-7-11-16-25/h6-11,13-20,26H,3-5,12,21H2,1-2H3. The summed E-state index contributed by atoms with van der Waals surface area (Å²) in [6.07, 6.45) is 0.283. The zero-order valence-corrected chi connectivity index (χ0v) is 19.6. The van der Waals surface area contributed by atoms with E-state index < -0.39 is 19.7 Å². The Labute approximate surface area is 191 Å². The third kappa shape index (κ3) is 6.43. The van der Waals surface area contributed by atoms with Gasteiger partial charge in [0.1, 0.15) is 0 Å². The highest BCUT2D eigenvalue weighted by atomic mass is 31.1. The smallest absolute Gasteiger partial charge is 0.295 e. The van der Waals surface area contributed by atoms with Crippen molar-refractivity contribution in [1.29, 1.82) is 0 Å². The molecule has 3 aromatic rings. The molecule has 0 heterocycles. The van der Waals surface area contributed by atoms with Crippen LogP contribution in [0.15, 0.2) is 84.9 Å². The maximum absolute atomic E-state index is 13.2. The topological polar surface area (TPSA) is 3.24 Å². The first-order valence-corrected chi connectivity index (χ1v) is 12.6. The van der Waals surface area contributed by atoms with Crippen LogP contribution in [0.5, 0.6) is 0 Å². The number of halogens is 3. The van der Waals surface area contributed by atoms with Crippen LogP contribution in [0.4, 0.5) is 13.2 Å². The predicted molar refractivity (Wildman–Crippen MR) is 130 cm³/mol. The Morgan fingerprint density at radius 1 is 0.750 bits per heavy atom. The molecule has 3 rings (SSSR count). The lowest BCUT2D eigenvalue weighted by Crippen LogP contribution is -2.30. The molecule has 1 unspecified atom stereocenters. The van der Waals surface area contributed by atoms with Gasteiger partial charge in [-0.2, -0.15) is 13.2 Å². The van der Waals surface area contributed by atoms with Crippen molar-refractivity contribution in [2.45, 2.75) is 44.6 Å². The molecule has 0 radical (unpaired) electrons. The van der Waals surface area contributed by atoms with E-state index in [9.17, 15) is 13.2 Å². The molecule has 0 saturated heterocycles. The van der Waals surface area contributed by atoms with Crippen molar-refractivity contribution in [3.05, 3.63) is 96.1 Å². The van der Waals surface area contributed by atoms with Gasteiger partial charge in [0.2, 0.25) is 0 Å². The molecule has 0 amide bonds. The lowest BCUT2D eigenvalue weighted by atomic mass is 10.1. The van der Waals surface area contributed by atoms with Crippen molar-refractivity contribution in [3.8, 4) is 0 Å². The van der Waals surface area contributed by atoms with Crippen LogP contribution >= 0.6 is 7.92 Å². The number of nitrogens with zero attached hydrogens (tertiary/aromatic N) is 1. The Hall–Kier alpha value is -2.16. The molecule has 32 heavy (non-hydrogen) atoms. The fourth-order valence-corrected chi connectivity index (χ4v) is 6.79. The summed E-state index contributed by atoms with van der Waals surface area (Å²) >= 11 is 0. The summed E-state index contributed by atoms with van der Waals surface area (Å²) in [6, 6.07) is 26.5. The molecule has 0 bridgehead atoms. The molecule has 0 fully saturated rings. The van der Waals surface area contributed by atoms with E-state index in [4.69, 9.17) is 0 Å². The van der Waals surface area contributed by atoms with Gasteiger partial charge in [-0.15, -0.1) is 0 Å². The van der Waals surface area contributed by atoms with Crippen LogP contribution < -0.4 is 10.6 Å². The maximum atomic E-state index is 13.2. The number of rotatable bonds is 10. The van der Waals surface area contributed by atoms with Gasteiger partial charge in [-0.25, -0.2) is 0 Å². The summed E-state index contributed by atoms with van der Waals surface area (Å²) in [6.45, 7) is 3.10.